The number of halogens is 2. The van der Waals surface area contributed by atoms with Gasteiger partial charge in [-0.3, -0.25) is 4.57 Å². The van der Waals surface area contributed by atoms with Gasteiger partial charge in [0.15, 0.2) is 6.23 Å². The molecule has 2 heterocycles. The summed E-state index contributed by atoms with van der Waals surface area (Å²) in [6, 6.07) is 5.01. The zero-order chi connectivity index (χ0) is 14.4. The van der Waals surface area contributed by atoms with Crippen LogP contribution in [0.3, 0.4) is 0 Å². The Bertz CT molecular complexity index is 648. The van der Waals surface area contributed by atoms with Gasteiger partial charge in [0, 0.05) is 5.02 Å². The number of fused-ring (bicyclic) bond motifs is 1. The number of aliphatic hydroxyl groups excluding tert-OH is 3. The van der Waals surface area contributed by atoms with Gasteiger partial charge in [-0.2, -0.15) is 0 Å². The second-order valence-corrected chi connectivity index (χ2v) is 5.39. The molecule has 3 N–H and O–H groups in total. The Morgan fingerprint density at radius 1 is 1.25 bits per heavy atom. The van der Waals surface area contributed by atoms with Gasteiger partial charge < -0.3 is 20.1 Å². The zero-order valence-corrected chi connectivity index (χ0v) is 11.7. The monoisotopic (exact) mass is 318 g/mol. The predicted octanol–water partition coefficient (Wildman–Crippen LogP) is 0.955. The van der Waals surface area contributed by atoms with Crippen LogP contribution < -0.4 is 0 Å². The molecule has 0 spiro atoms. The van der Waals surface area contributed by atoms with E-state index in [9.17, 15) is 10.2 Å². The molecule has 1 saturated heterocycles. The van der Waals surface area contributed by atoms with E-state index in [1.54, 1.807) is 18.2 Å². The van der Waals surface area contributed by atoms with Crippen molar-refractivity contribution in [3.8, 4) is 0 Å². The molecule has 0 saturated carbocycles. The lowest BCUT2D eigenvalue weighted by molar-refractivity contribution is -0.0507. The second kappa shape index (κ2) is 5.14. The third kappa shape index (κ3) is 2.09. The summed E-state index contributed by atoms with van der Waals surface area (Å²) in [7, 11) is 0. The molecule has 0 amide bonds. The number of nitrogens with zero attached hydrogens (tertiary/aromatic N) is 2. The van der Waals surface area contributed by atoms with Crippen molar-refractivity contribution in [1.82, 2.24) is 9.55 Å². The number of imidazole rings is 1. The molecule has 0 unspecified atom stereocenters. The van der Waals surface area contributed by atoms with Gasteiger partial charge in [-0.15, -0.1) is 0 Å². The van der Waals surface area contributed by atoms with Crippen molar-refractivity contribution >= 4 is 34.2 Å². The predicted molar refractivity (Wildman–Crippen MR) is 72.8 cm³/mol. The Balaban J connectivity index is 2.08. The van der Waals surface area contributed by atoms with Crippen molar-refractivity contribution < 1.29 is 20.1 Å². The second-order valence-electron chi connectivity index (χ2n) is 4.61. The highest BCUT2D eigenvalue weighted by molar-refractivity contribution is 6.31. The highest BCUT2D eigenvalue weighted by atomic mass is 35.5. The van der Waals surface area contributed by atoms with Crippen molar-refractivity contribution in [2.24, 2.45) is 0 Å². The average Bonchev–Trinajstić information content (AvgIpc) is 2.87. The molecule has 6 nitrogen and oxygen atoms in total. The molecule has 1 aromatic heterocycles. The molecule has 0 radical (unpaired) electrons. The Morgan fingerprint density at radius 3 is 2.65 bits per heavy atom. The highest BCUT2D eigenvalue weighted by Gasteiger charge is 2.44. The van der Waals surface area contributed by atoms with Crippen molar-refractivity contribution in [3.05, 3.63) is 28.5 Å². The van der Waals surface area contributed by atoms with Gasteiger partial charge in [-0.05, 0) is 29.8 Å². The Hall–Kier alpha value is -0.890. The van der Waals surface area contributed by atoms with E-state index in [2.05, 4.69) is 4.98 Å². The summed E-state index contributed by atoms with van der Waals surface area (Å²) in [4.78, 5) is 4.14. The van der Waals surface area contributed by atoms with E-state index in [1.165, 1.54) is 4.57 Å². The van der Waals surface area contributed by atoms with Crippen molar-refractivity contribution in [2.45, 2.75) is 24.5 Å². The minimum atomic E-state index is -1.21. The van der Waals surface area contributed by atoms with Crippen LogP contribution in [0.2, 0.25) is 10.3 Å². The van der Waals surface area contributed by atoms with Gasteiger partial charge in [0.2, 0.25) is 5.28 Å². The fourth-order valence-electron chi connectivity index (χ4n) is 2.38. The maximum Gasteiger partial charge on any atom is 0.206 e. The molecule has 20 heavy (non-hydrogen) atoms. The summed E-state index contributed by atoms with van der Waals surface area (Å²) < 4.78 is 6.92. The Morgan fingerprint density at radius 2 is 2.00 bits per heavy atom. The Kier molecular flexibility index (Phi) is 3.62. The van der Waals surface area contributed by atoms with Gasteiger partial charge in [0.25, 0.3) is 0 Å². The normalized spacial score (nSPS) is 30.2. The third-order valence-corrected chi connectivity index (χ3v) is 3.88. The number of rotatable bonds is 2. The van der Waals surface area contributed by atoms with E-state index in [0.29, 0.717) is 16.1 Å². The van der Waals surface area contributed by atoms with Gasteiger partial charge in [-0.1, -0.05) is 11.6 Å². The first-order valence-corrected chi connectivity index (χ1v) is 6.74. The molecule has 4 atom stereocenters. The maximum atomic E-state index is 10.0. The zero-order valence-electron chi connectivity index (χ0n) is 10.1. The van der Waals surface area contributed by atoms with E-state index in [0.717, 1.165) is 0 Å². The van der Waals surface area contributed by atoms with Crippen LogP contribution >= 0.6 is 23.2 Å². The molecule has 1 aliphatic heterocycles. The van der Waals surface area contributed by atoms with Gasteiger partial charge >= 0.3 is 0 Å². The van der Waals surface area contributed by atoms with E-state index in [-0.39, 0.29) is 5.28 Å². The van der Waals surface area contributed by atoms with Crippen LogP contribution in [0.5, 0.6) is 0 Å². The van der Waals surface area contributed by atoms with Crippen LogP contribution in [0, 0.1) is 0 Å². The molecule has 0 bridgehead atoms. The minimum absolute atomic E-state index is 0.108. The van der Waals surface area contributed by atoms with E-state index in [4.69, 9.17) is 33.0 Å². The summed E-state index contributed by atoms with van der Waals surface area (Å²) in [5.74, 6) is 0. The molecule has 8 heteroatoms. The first-order valence-electron chi connectivity index (χ1n) is 5.98. The number of aliphatic hydroxyl groups is 3. The first kappa shape index (κ1) is 14.1. The molecule has 1 aromatic carbocycles. The summed E-state index contributed by atoms with van der Waals surface area (Å²) in [5.41, 5.74) is 1.18. The number of hydrogen-bond acceptors (Lipinski definition) is 5. The largest absolute Gasteiger partial charge is 0.394 e. The van der Waals surface area contributed by atoms with Crippen molar-refractivity contribution in [1.29, 1.82) is 0 Å². The number of benzene rings is 1. The first-order chi connectivity index (χ1) is 9.52. The number of ether oxygens (including phenoxy) is 1. The lowest BCUT2D eigenvalue weighted by atomic mass is 10.1. The van der Waals surface area contributed by atoms with Gasteiger partial charge in [0.05, 0.1) is 17.6 Å². The fourth-order valence-corrected chi connectivity index (χ4v) is 2.82. The molecule has 3 rings (SSSR count). The molecular formula is C12H12Cl2N2O4. The van der Waals surface area contributed by atoms with Crippen LogP contribution in [0.4, 0.5) is 0 Å². The quantitative estimate of drug-likeness (QED) is 0.767. The molecule has 108 valence electrons. The van der Waals surface area contributed by atoms with Crippen molar-refractivity contribution in [3.63, 3.8) is 0 Å². The molecule has 0 aliphatic carbocycles. The van der Waals surface area contributed by atoms with E-state index >= 15 is 0 Å². The van der Waals surface area contributed by atoms with Crippen LogP contribution in [0.15, 0.2) is 18.2 Å². The smallest absolute Gasteiger partial charge is 0.206 e. The topological polar surface area (TPSA) is 87.7 Å². The average molecular weight is 319 g/mol. The number of hydrogen-bond donors (Lipinski definition) is 3. The molecule has 2 aromatic rings. The molecule has 1 aliphatic rings. The summed E-state index contributed by atoms with van der Waals surface area (Å²) in [6.07, 6.45) is -4.18. The minimum Gasteiger partial charge on any atom is -0.394 e. The van der Waals surface area contributed by atoms with Crippen LogP contribution in [-0.2, 0) is 4.74 Å². The van der Waals surface area contributed by atoms with E-state index in [1.807, 2.05) is 0 Å². The summed E-state index contributed by atoms with van der Waals surface area (Å²) >= 11 is 12.0. The van der Waals surface area contributed by atoms with Gasteiger partial charge in [-0.25, -0.2) is 4.98 Å². The van der Waals surface area contributed by atoms with Crippen LogP contribution in [-0.4, -0.2) is 49.8 Å². The SMILES string of the molecule is OC[C@H]1O[C@@H](n2c(Cl)nc3cc(Cl)ccc32)[C@H](O)[C@@H]1O. The Labute approximate surface area is 124 Å². The molecular weight excluding hydrogens is 307 g/mol. The fraction of sp³-hybridized carbons (Fsp3) is 0.417. The standard InChI is InChI=1S/C12H12Cl2N2O4/c13-5-1-2-7-6(3-5)15-12(14)16(7)11-10(19)9(18)8(4-17)20-11/h1-3,8-11,17-19H,4H2/t8-,9-,10-,11-/m1/s1. The maximum absolute atomic E-state index is 10.0. The summed E-state index contributed by atoms with van der Waals surface area (Å²) in [5, 5.41) is 29.6. The number of aromatic nitrogens is 2. The van der Waals surface area contributed by atoms with Crippen LogP contribution in [0.1, 0.15) is 6.23 Å². The van der Waals surface area contributed by atoms with Crippen molar-refractivity contribution in [2.75, 3.05) is 6.61 Å². The van der Waals surface area contributed by atoms with Gasteiger partial charge in [0.1, 0.15) is 18.3 Å². The lowest BCUT2D eigenvalue weighted by Gasteiger charge is -2.18. The van der Waals surface area contributed by atoms with E-state index < -0.39 is 31.1 Å². The molecule has 1 fully saturated rings. The highest BCUT2D eigenvalue weighted by Crippen LogP contribution is 2.35. The third-order valence-electron chi connectivity index (χ3n) is 3.38. The summed E-state index contributed by atoms with van der Waals surface area (Å²) in [6.45, 7) is -0.398. The lowest BCUT2D eigenvalue weighted by Crippen LogP contribution is -2.33. The van der Waals surface area contributed by atoms with Crippen LogP contribution in [0.25, 0.3) is 11.0 Å².